The third-order valence-electron chi connectivity index (χ3n) is 7.49. The van der Waals surface area contributed by atoms with Crippen LogP contribution in [-0.2, 0) is 30.2 Å². The van der Waals surface area contributed by atoms with Gasteiger partial charge in [0.1, 0.15) is 23.4 Å². The maximum Gasteiger partial charge on any atom is 0.306 e. The molecule has 0 unspecified atom stereocenters. The molecule has 32 heavy (non-hydrogen) atoms. The molecule has 3 fully saturated rings. The van der Waals surface area contributed by atoms with Gasteiger partial charge in [-0.2, -0.15) is 0 Å². The highest BCUT2D eigenvalue weighted by atomic mass is 16.6. The van der Waals surface area contributed by atoms with Crippen molar-refractivity contribution in [3.05, 3.63) is 47.0 Å². The molecule has 0 amide bonds. The minimum Gasteiger partial charge on any atom is -0.460 e. The number of carbonyl (C=O) groups excluding carboxylic acids is 1. The van der Waals surface area contributed by atoms with E-state index in [1.54, 1.807) is 7.11 Å². The van der Waals surface area contributed by atoms with Crippen molar-refractivity contribution in [1.82, 2.24) is 0 Å². The molecular weight excluding hydrogens is 404 g/mol. The highest BCUT2D eigenvalue weighted by Crippen LogP contribution is 2.59. The van der Waals surface area contributed by atoms with Crippen LogP contribution < -0.4 is 0 Å². The number of methoxy groups -OCH3 is 1. The Hall–Kier alpha value is -1.69. The molecule has 2 saturated heterocycles. The standard InChI is InChI=1S/C27H38O5/c1-18(2)9-14-22-26(4,32-22)25-24(29-5)21(15-16-27(25)17-30-27)31-23(28)8-6-7-20-12-10-19(3)11-13-20/h9-13,21-22,24-25H,6-8,14-17H2,1-5H3/t21-,22-,24-,25-,26-,27+/m1/s1. The van der Waals surface area contributed by atoms with Crippen LogP contribution in [0.15, 0.2) is 35.9 Å². The molecule has 1 aromatic carbocycles. The fourth-order valence-electron chi connectivity index (χ4n) is 5.49. The summed E-state index contributed by atoms with van der Waals surface area (Å²) >= 11 is 0. The SMILES string of the molecule is CO[C@@H]1[C@H](OC(=O)CCCc2ccc(C)cc2)CC[C@]2(CO2)[C@H]1[C@]1(C)O[C@@H]1CC=C(C)C. The zero-order chi connectivity index (χ0) is 22.9. The van der Waals surface area contributed by atoms with Crippen molar-refractivity contribution >= 4 is 5.97 Å². The predicted molar refractivity (Wildman–Crippen MR) is 124 cm³/mol. The highest BCUT2D eigenvalue weighted by Gasteiger charge is 2.72. The maximum atomic E-state index is 12.7. The summed E-state index contributed by atoms with van der Waals surface area (Å²) in [6.07, 6.45) is 6.55. The number of hydrogen-bond donors (Lipinski definition) is 0. The van der Waals surface area contributed by atoms with Crippen LogP contribution in [0.3, 0.4) is 0 Å². The minimum atomic E-state index is -0.306. The first kappa shape index (κ1) is 23.5. The molecule has 3 aliphatic rings. The number of rotatable bonds is 9. The molecule has 5 heteroatoms. The summed E-state index contributed by atoms with van der Waals surface area (Å²) in [4.78, 5) is 12.7. The van der Waals surface area contributed by atoms with Crippen molar-refractivity contribution in [3.63, 3.8) is 0 Å². The zero-order valence-corrected chi connectivity index (χ0v) is 20.2. The lowest BCUT2D eigenvalue weighted by Crippen LogP contribution is -2.55. The van der Waals surface area contributed by atoms with Gasteiger partial charge in [0, 0.05) is 13.5 Å². The number of hydrogen-bond acceptors (Lipinski definition) is 5. The lowest BCUT2D eigenvalue weighted by molar-refractivity contribution is -0.172. The fourth-order valence-corrected chi connectivity index (χ4v) is 5.49. The van der Waals surface area contributed by atoms with Crippen LogP contribution in [0.2, 0.25) is 0 Å². The van der Waals surface area contributed by atoms with Gasteiger partial charge in [0.25, 0.3) is 0 Å². The van der Waals surface area contributed by atoms with Gasteiger partial charge >= 0.3 is 5.97 Å². The molecule has 6 atom stereocenters. The molecule has 1 aromatic rings. The zero-order valence-electron chi connectivity index (χ0n) is 20.2. The third kappa shape index (κ3) is 4.95. The maximum absolute atomic E-state index is 12.7. The molecule has 0 radical (unpaired) electrons. The number of esters is 1. The van der Waals surface area contributed by atoms with Crippen LogP contribution in [0.1, 0.15) is 64.0 Å². The Morgan fingerprint density at radius 1 is 1.25 bits per heavy atom. The Bertz CT molecular complexity index is 836. The Morgan fingerprint density at radius 3 is 2.59 bits per heavy atom. The van der Waals surface area contributed by atoms with Crippen LogP contribution in [0.4, 0.5) is 0 Å². The van der Waals surface area contributed by atoms with Crippen molar-refractivity contribution in [3.8, 4) is 0 Å². The number of carbonyl (C=O) groups is 1. The van der Waals surface area contributed by atoms with Crippen LogP contribution >= 0.6 is 0 Å². The van der Waals surface area contributed by atoms with E-state index < -0.39 is 0 Å². The summed E-state index contributed by atoms with van der Waals surface area (Å²) < 4.78 is 24.2. The smallest absolute Gasteiger partial charge is 0.306 e. The van der Waals surface area contributed by atoms with E-state index in [-0.39, 0.29) is 41.4 Å². The second-order valence-electron chi connectivity index (χ2n) is 10.2. The van der Waals surface area contributed by atoms with Gasteiger partial charge in [-0.1, -0.05) is 41.5 Å². The Labute approximate surface area is 192 Å². The third-order valence-corrected chi connectivity index (χ3v) is 7.49. The number of benzene rings is 1. The normalized spacial score (nSPS) is 35.4. The highest BCUT2D eigenvalue weighted by molar-refractivity contribution is 5.69. The first-order valence-corrected chi connectivity index (χ1v) is 12.0. The van der Waals surface area contributed by atoms with Crippen LogP contribution in [0.25, 0.3) is 0 Å². The largest absolute Gasteiger partial charge is 0.460 e. The van der Waals surface area contributed by atoms with Crippen LogP contribution in [0.5, 0.6) is 0 Å². The summed E-state index contributed by atoms with van der Waals surface area (Å²) in [5.41, 5.74) is 3.30. The second-order valence-corrected chi connectivity index (χ2v) is 10.2. The average Bonchev–Trinajstić information content (AvgIpc) is 3.66. The van der Waals surface area contributed by atoms with E-state index in [0.717, 1.165) is 38.7 Å². The van der Waals surface area contributed by atoms with Crippen molar-refractivity contribution in [2.75, 3.05) is 13.7 Å². The van der Waals surface area contributed by atoms with E-state index in [2.05, 4.69) is 58.0 Å². The average molecular weight is 443 g/mol. The summed E-state index contributed by atoms with van der Waals surface area (Å²) in [5.74, 6) is -0.0757. The molecule has 0 N–H and O–H groups in total. The van der Waals surface area contributed by atoms with E-state index in [1.165, 1.54) is 16.7 Å². The molecule has 5 nitrogen and oxygen atoms in total. The summed E-state index contributed by atoms with van der Waals surface area (Å²) in [5, 5.41) is 0. The van der Waals surface area contributed by atoms with Gasteiger partial charge in [-0.05, 0) is 65.4 Å². The van der Waals surface area contributed by atoms with Gasteiger partial charge in [-0.25, -0.2) is 0 Å². The van der Waals surface area contributed by atoms with Gasteiger partial charge in [0.2, 0.25) is 0 Å². The van der Waals surface area contributed by atoms with Crippen molar-refractivity contribution < 1.29 is 23.7 Å². The number of epoxide rings is 2. The molecule has 0 bridgehead atoms. The summed E-state index contributed by atoms with van der Waals surface area (Å²) in [7, 11) is 1.72. The van der Waals surface area contributed by atoms with E-state index >= 15 is 0 Å². The quantitative estimate of drug-likeness (QED) is 0.308. The first-order valence-electron chi connectivity index (χ1n) is 12.0. The van der Waals surface area contributed by atoms with E-state index in [4.69, 9.17) is 18.9 Å². The Morgan fingerprint density at radius 2 is 1.97 bits per heavy atom. The van der Waals surface area contributed by atoms with Gasteiger partial charge < -0.3 is 18.9 Å². The predicted octanol–water partition coefficient (Wildman–Crippen LogP) is 4.94. The van der Waals surface area contributed by atoms with E-state index in [9.17, 15) is 4.79 Å². The molecule has 0 aromatic heterocycles. The van der Waals surface area contributed by atoms with Gasteiger partial charge in [-0.15, -0.1) is 0 Å². The molecule has 1 spiro atoms. The molecule has 1 aliphatic carbocycles. The molecular formula is C27H38O5. The van der Waals surface area contributed by atoms with Crippen molar-refractivity contribution in [2.45, 2.75) is 95.7 Å². The first-order chi connectivity index (χ1) is 15.3. The van der Waals surface area contributed by atoms with Gasteiger partial charge in [0.05, 0.1) is 18.6 Å². The van der Waals surface area contributed by atoms with Crippen molar-refractivity contribution in [1.29, 1.82) is 0 Å². The summed E-state index contributed by atoms with van der Waals surface area (Å²) in [6, 6.07) is 8.48. The number of aryl methyl sites for hydroxylation is 2. The fraction of sp³-hybridized carbons (Fsp3) is 0.667. The van der Waals surface area contributed by atoms with Gasteiger partial charge in [0.15, 0.2) is 0 Å². The monoisotopic (exact) mass is 442 g/mol. The minimum absolute atomic E-state index is 0.0645. The van der Waals surface area contributed by atoms with Crippen LogP contribution in [0, 0.1) is 12.8 Å². The topological polar surface area (TPSA) is 60.6 Å². The van der Waals surface area contributed by atoms with E-state index in [1.807, 2.05) is 0 Å². The lowest BCUT2D eigenvalue weighted by Gasteiger charge is -2.42. The number of ether oxygens (including phenoxy) is 4. The molecule has 2 heterocycles. The lowest BCUT2D eigenvalue weighted by atomic mass is 9.68. The van der Waals surface area contributed by atoms with E-state index in [0.29, 0.717) is 6.42 Å². The van der Waals surface area contributed by atoms with Crippen LogP contribution in [-0.4, -0.2) is 49.2 Å². The Kier molecular flexibility index (Phi) is 6.81. The molecule has 1 saturated carbocycles. The summed E-state index contributed by atoms with van der Waals surface area (Å²) in [6.45, 7) is 9.21. The Balaban J connectivity index is 1.35. The molecule has 4 rings (SSSR count). The molecule has 2 aliphatic heterocycles. The van der Waals surface area contributed by atoms with Gasteiger partial charge in [-0.3, -0.25) is 4.79 Å². The number of allylic oxidation sites excluding steroid dienone is 1. The second kappa shape index (κ2) is 9.28. The molecule has 176 valence electrons. The van der Waals surface area contributed by atoms with Crippen molar-refractivity contribution in [2.24, 2.45) is 5.92 Å².